The predicted octanol–water partition coefficient (Wildman–Crippen LogP) is 2.34. The number of nitrogens with one attached hydrogen (secondary N) is 2. The number of anilines is 1. The molecule has 2 aromatic rings. The molecule has 0 aliphatic carbocycles. The molecule has 3 rings (SSSR count). The summed E-state index contributed by atoms with van der Waals surface area (Å²) in [4.78, 5) is 24.0. The molecule has 4 N–H and O–H groups in total. The lowest BCUT2D eigenvalue weighted by atomic mass is 9.93. The number of amides is 1. The fourth-order valence-corrected chi connectivity index (χ4v) is 2.99. The average molecular weight is 367 g/mol. The fraction of sp³-hybridized carbons (Fsp3) is 0.250. The van der Waals surface area contributed by atoms with Gasteiger partial charge in [-0.1, -0.05) is 0 Å². The van der Waals surface area contributed by atoms with E-state index in [1.165, 1.54) is 7.11 Å². The Labute approximate surface area is 157 Å². The Morgan fingerprint density at radius 1 is 1.22 bits per heavy atom. The van der Waals surface area contributed by atoms with Gasteiger partial charge in [0.25, 0.3) is 5.91 Å². The van der Waals surface area contributed by atoms with E-state index in [1.54, 1.807) is 42.5 Å². The van der Waals surface area contributed by atoms with Crippen LogP contribution in [0.1, 0.15) is 27.9 Å². The molecule has 27 heavy (non-hydrogen) atoms. The molecule has 1 heterocycles. The van der Waals surface area contributed by atoms with E-state index in [9.17, 15) is 9.59 Å². The lowest BCUT2D eigenvalue weighted by molar-refractivity contribution is -0.142. The maximum absolute atomic E-state index is 12.5. The van der Waals surface area contributed by atoms with Crippen LogP contribution in [0.2, 0.25) is 0 Å². The molecule has 1 atom stereocenters. The van der Waals surface area contributed by atoms with Crippen molar-refractivity contribution in [3.63, 3.8) is 0 Å². The molecule has 0 radical (unpaired) electrons. The fourth-order valence-electron chi connectivity index (χ4n) is 2.99. The monoisotopic (exact) mass is 367 g/mol. The van der Waals surface area contributed by atoms with Crippen LogP contribution in [0.3, 0.4) is 0 Å². The van der Waals surface area contributed by atoms with E-state index in [-0.39, 0.29) is 30.1 Å². The minimum absolute atomic E-state index is 0.0240. The molecule has 1 unspecified atom stereocenters. The van der Waals surface area contributed by atoms with Crippen molar-refractivity contribution < 1.29 is 19.1 Å². The smallest absolute Gasteiger partial charge is 0.305 e. The van der Waals surface area contributed by atoms with Gasteiger partial charge in [0.15, 0.2) is 0 Å². The molecule has 1 aliphatic heterocycles. The van der Waals surface area contributed by atoms with Gasteiger partial charge in [-0.2, -0.15) is 0 Å². The molecule has 1 aliphatic rings. The number of fused-ring (bicyclic) bond motifs is 1. The van der Waals surface area contributed by atoms with E-state index in [0.29, 0.717) is 29.8 Å². The van der Waals surface area contributed by atoms with Crippen molar-refractivity contribution in [2.45, 2.75) is 12.8 Å². The Bertz CT molecular complexity index is 877. The van der Waals surface area contributed by atoms with Crippen molar-refractivity contribution in [2.24, 2.45) is 11.7 Å². The van der Waals surface area contributed by atoms with E-state index < -0.39 is 0 Å². The number of esters is 1. The highest BCUT2D eigenvalue weighted by molar-refractivity contribution is 6.04. The van der Waals surface area contributed by atoms with Crippen molar-refractivity contribution in [3.05, 3.63) is 59.2 Å². The lowest BCUT2D eigenvalue weighted by Gasteiger charge is -2.25. The van der Waals surface area contributed by atoms with Crippen molar-refractivity contribution >= 4 is 23.4 Å². The van der Waals surface area contributed by atoms with Crippen LogP contribution in [0.5, 0.6) is 5.75 Å². The standard InChI is InChI=1S/C20H21N3O4/c1-26-18(24)9-12-8-15-10-14(4-7-17(15)27-11-12)20(25)23-16-5-2-13(3-6-16)19(21)22/h2-7,10,12H,8-9,11H2,1H3,(H3,21,22)(H,23,25). The quantitative estimate of drug-likeness (QED) is 0.426. The number of hydrogen-bond donors (Lipinski definition) is 3. The normalized spacial score (nSPS) is 15.2. The second-order valence-corrected chi connectivity index (χ2v) is 6.43. The van der Waals surface area contributed by atoms with Crippen LogP contribution < -0.4 is 15.8 Å². The van der Waals surface area contributed by atoms with Gasteiger partial charge in [-0.3, -0.25) is 15.0 Å². The summed E-state index contributed by atoms with van der Waals surface area (Å²) in [6.07, 6.45) is 0.938. The molecule has 7 heteroatoms. The van der Waals surface area contributed by atoms with Crippen molar-refractivity contribution in [2.75, 3.05) is 19.0 Å². The van der Waals surface area contributed by atoms with Gasteiger partial charge in [0.2, 0.25) is 0 Å². The van der Waals surface area contributed by atoms with Gasteiger partial charge in [0.1, 0.15) is 11.6 Å². The number of benzene rings is 2. The van der Waals surface area contributed by atoms with Crippen LogP contribution in [0.4, 0.5) is 5.69 Å². The molecule has 0 bridgehead atoms. The first-order chi connectivity index (χ1) is 13.0. The molecule has 2 aromatic carbocycles. The first-order valence-electron chi connectivity index (χ1n) is 8.54. The number of carbonyl (C=O) groups excluding carboxylic acids is 2. The second kappa shape index (κ2) is 7.90. The van der Waals surface area contributed by atoms with Crippen molar-refractivity contribution in [1.82, 2.24) is 0 Å². The maximum Gasteiger partial charge on any atom is 0.305 e. The van der Waals surface area contributed by atoms with E-state index in [4.69, 9.17) is 20.6 Å². The molecule has 1 amide bonds. The van der Waals surface area contributed by atoms with Gasteiger partial charge in [0, 0.05) is 22.7 Å². The van der Waals surface area contributed by atoms with Crippen LogP contribution in [0.25, 0.3) is 0 Å². The van der Waals surface area contributed by atoms with E-state index in [2.05, 4.69) is 5.32 Å². The van der Waals surface area contributed by atoms with E-state index in [1.807, 2.05) is 0 Å². The first kappa shape index (κ1) is 18.4. The molecule has 140 valence electrons. The summed E-state index contributed by atoms with van der Waals surface area (Å²) >= 11 is 0. The summed E-state index contributed by atoms with van der Waals surface area (Å²) in [5.41, 5.74) is 8.04. The number of amidine groups is 1. The molecule has 0 saturated carbocycles. The third-order valence-electron chi connectivity index (χ3n) is 4.44. The second-order valence-electron chi connectivity index (χ2n) is 6.43. The average Bonchev–Trinajstić information content (AvgIpc) is 2.67. The van der Waals surface area contributed by atoms with Crippen LogP contribution in [0, 0.1) is 11.3 Å². The van der Waals surface area contributed by atoms with Crippen molar-refractivity contribution in [3.8, 4) is 5.75 Å². The third kappa shape index (κ3) is 4.44. The summed E-state index contributed by atoms with van der Waals surface area (Å²) in [7, 11) is 1.37. The predicted molar refractivity (Wildman–Crippen MR) is 101 cm³/mol. The minimum Gasteiger partial charge on any atom is -0.493 e. The summed E-state index contributed by atoms with van der Waals surface area (Å²) in [5.74, 6) is 0.225. The van der Waals surface area contributed by atoms with Crippen LogP contribution in [-0.4, -0.2) is 31.4 Å². The SMILES string of the molecule is COC(=O)CC1COc2ccc(C(=O)Nc3ccc(C(=N)N)cc3)cc2C1. The summed E-state index contributed by atoms with van der Waals surface area (Å²) in [6.45, 7) is 0.455. The molecule has 0 saturated heterocycles. The number of methoxy groups -OCH3 is 1. The summed E-state index contributed by atoms with van der Waals surface area (Å²) < 4.78 is 10.4. The van der Waals surface area contributed by atoms with Gasteiger partial charge in [-0.15, -0.1) is 0 Å². The zero-order valence-electron chi connectivity index (χ0n) is 15.0. The van der Waals surface area contributed by atoms with Gasteiger partial charge >= 0.3 is 5.97 Å². The Balaban J connectivity index is 1.70. The highest BCUT2D eigenvalue weighted by Crippen LogP contribution is 2.30. The highest BCUT2D eigenvalue weighted by Gasteiger charge is 2.23. The van der Waals surface area contributed by atoms with Gasteiger partial charge < -0.3 is 20.5 Å². The summed E-state index contributed by atoms with van der Waals surface area (Å²) in [6, 6.07) is 12.0. The van der Waals surface area contributed by atoms with E-state index in [0.717, 1.165) is 11.3 Å². The molecular formula is C20H21N3O4. The largest absolute Gasteiger partial charge is 0.493 e. The maximum atomic E-state index is 12.5. The number of carbonyl (C=O) groups is 2. The number of hydrogen-bond acceptors (Lipinski definition) is 5. The molecular weight excluding hydrogens is 346 g/mol. The Kier molecular flexibility index (Phi) is 5.40. The molecule has 0 spiro atoms. The highest BCUT2D eigenvalue weighted by atomic mass is 16.5. The van der Waals surface area contributed by atoms with Crippen LogP contribution >= 0.6 is 0 Å². The molecule has 7 nitrogen and oxygen atoms in total. The molecule has 0 fully saturated rings. The zero-order chi connectivity index (χ0) is 19.4. The number of nitrogen functional groups attached to an aromatic ring is 1. The molecule has 0 aromatic heterocycles. The van der Waals surface area contributed by atoms with Gasteiger partial charge in [-0.05, 0) is 54.4 Å². The zero-order valence-corrected chi connectivity index (χ0v) is 15.0. The van der Waals surface area contributed by atoms with Gasteiger partial charge in [-0.25, -0.2) is 0 Å². The topological polar surface area (TPSA) is 114 Å². The Hall–Kier alpha value is -3.35. The number of nitrogens with two attached hydrogens (primary N) is 1. The number of rotatable bonds is 5. The van der Waals surface area contributed by atoms with E-state index >= 15 is 0 Å². The number of ether oxygens (including phenoxy) is 2. The van der Waals surface area contributed by atoms with Crippen molar-refractivity contribution in [1.29, 1.82) is 5.41 Å². The Morgan fingerprint density at radius 3 is 2.59 bits per heavy atom. The minimum atomic E-state index is -0.269. The third-order valence-corrected chi connectivity index (χ3v) is 4.44. The van der Waals surface area contributed by atoms with Crippen LogP contribution in [0.15, 0.2) is 42.5 Å². The van der Waals surface area contributed by atoms with Gasteiger partial charge in [0.05, 0.1) is 20.1 Å². The van der Waals surface area contributed by atoms with Crippen LogP contribution in [-0.2, 0) is 16.0 Å². The first-order valence-corrected chi connectivity index (χ1v) is 8.54. The lowest BCUT2D eigenvalue weighted by Crippen LogP contribution is -2.24. The summed E-state index contributed by atoms with van der Waals surface area (Å²) in [5, 5.41) is 10.2. The Morgan fingerprint density at radius 2 is 1.93 bits per heavy atom.